The molecule has 1 aromatic carbocycles. The Morgan fingerprint density at radius 1 is 1.47 bits per heavy atom. The summed E-state index contributed by atoms with van der Waals surface area (Å²) < 4.78 is 0. The molecule has 5 heteroatoms. The highest BCUT2D eigenvalue weighted by Crippen LogP contribution is 2.21. The van der Waals surface area contributed by atoms with Gasteiger partial charge in [-0.15, -0.1) is 0 Å². The number of aromatic hydroxyl groups is 1. The van der Waals surface area contributed by atoms with Gasteiger partial charge in [-0.25, -0.2) is 4.79 Å². The van der Waals surface area contributed by atoms with Crippen molar-refractivity contribution in [1.29, 1.82) is 0 Å². The predicted molar refractivity (Wildman–Crippen MR) is 50.7 cm³/mol. The SMILES string of the molecule is O=C1NC(C(=O)O)Cc2ccc(O)cc21. The predicted octanol–water partition coefficient (Wildman–Crippen LogP) is 0.131. The number of carboxylic acids is 1. The van der Waals surface area contributed by atoms with Crippen molar-refractivity contribution in [3.8, 4) is 5.75 Å². The molecule has 1 aliphatic rings. The van der Waals surface area contributed by atoms with Gasteiger partial charge in [0.1, 0.15) is 11.8 Å². The van der Waals surface area contributed by atoms with Crippen LogP contribution in [0.2, 0.25) is 0 Å². The largest absolute Gasteiger partial charge is 0.508 e. The van der Waals surface area contributed by atoms with Gasteiger partial charge in [-0.05, 0) is 17.7 Å². The van der Waals surface area contributed by atoms with Crippen molar-refractivity contribution in [3.05, 3.63) is 29.3 Å². The number of phenolic OH excluding ortho intramolecular Hbond substituents is 1. The number of fused-ring (bicyclic) bond motifs is 1. The number of amides is 1. The van der Waals surface area contributed by atoms with E-state index >= 15 is 0 Å². The Balaban J connectivity index is 2.41. The zero-order valence-electron chi connectivity index (χ0n) is 7.73. The molecule has 0 radical (unpaired) electrons. The highest BCUT2D eigenvalue weighted by atomic mass is 16.4. The lowest BCUT2D eigenvalue weighted by molar-refractivity contribution is -0.139. The second-order valence-corrected chi connectivity index (χ2v) is 3.41. The summed E-state index contributed by atoms with van der Waals surface area (Å²) in [5, 5.41) is 20.3. The number of hydrogen-bond acceptors (Lipinski definition) is 3. The van der Waals surface area contributed by atoms with Crippen LogP contribution in [0.4, 0.5) is 0 Å². The lowest BCUT2D eigenvalue weighted by Gasteiger charge is -2.22. The van der Waals surface area contributed by atoms with Crippen molar-refractivity contribution in [2.45, 2.75) is 12.5 Å². The summed E-state index contributed by atoms with van der Waals surface area (Å²) in [4.78, 5) is 22.2. The van der Waals surface area contributed by atoms with Gasteiger partial charge in [0.2, 0.25) is 0 Å². The number of carboxylic acid groups (broad SMARTS) is 1. The van der Waals surface area contributed by atoms with Crippen LogP contribution in [0.15, 0.2) is 18.2 Å². The molecule has 0 aromatic heterocycles. The first kappa shape index (κ1) is 9.51. The summed E-state index contributed by atoms with van der Waals surface area (Å²) in [6.45, 7) is 0. The first-order valence-electron chi connectivity index (χ1n) is 4.43. The van der Waals surface area contributed by atoms with Crippen molar-refractivity contribution in [2.24, 2.45) is 0 Å². The van der Waals surface area contributed by atoms with Crippen LogP contribution in [0.25, 0.3) is 0 Å². The highest BCUT2D eigenvalue weighted by molar-refractivity contribution is 6.00. The zero-order valence-corrected chi connectivity index (χ0v) is 7.73. The Morgan fingerprint density at radius 2 is 2.20 bits per heavy atom. The Bertz CT molecular complexity index is 441. The molecule has 1 aliphatic heterocycles. The van der Waals surface area contributed by atoms with Gasteiger partial charge in [0, 0.05) is 12.0 Å². The van der Waals surface area contributed by atoms with E-state index in [9.17, 15) is 14.7 Å². The molecule has 2 rings (SSSR count). The fourth-order valence-corrected chi connectivity index (χ4v) is 1.61. The number of nitrogens with one attached hydrogen (secondary N) is 1. The molecule has 1 aromatic rings. The summed E-state index contributed by atoms with van der Waals surface area (Å²) in [5.74, 6) is -1.51. The molecule has 0 saturated heterocycles. The molecule has 1 heterocycles. The monoisotopic (exact) mass is 207 g/mol. The molecule has 78 valence electrons. The summed E-state index contributed by atoms with van der Waals surface area (Å²) >= 11 is 0. The van der Waals surface area contributed by atoms with Crippen LogP contribution in [0.5, 0.6) is 5.75 Å². The van der Waals surface area contributed by atoms with Crippen LogP contribution in [0.1, 0.15) is 15.9 Å². The van der Waals surface area contributed by atoms with Gasteiger partial charge < -0.3 is 15.5 Å². The number of aliphatic carboxylic acids is 1. The molecular weight excluding hydrogens is 198 g/mol. The third-order valence-electron chi connectivity index (χ3n) is 2.37. The average Bonchev–Trinajstić information content (AvgIpc) is 2.18. The lowest BCUT2D eigenvalue weighted by atomic mass is 9.95. The zero-order chi connectivity index (χ0) is 11.0. The number of phenols is 1. The maximum atomic E-state index is 11.5. The minimum Gasteiger partial charge on any atom is -0.508 e. The number of carbonyl (C=O) groups excluding carboxylic acids is 1. The Kier molecular flexibility index (Phi) is 2.07. The van der Waals surface area contributed by atoms with Crippen LogP contribution in [-0.2, 0) is 11.2 Å². The van der Waals surface area contributed by atoms with E-state index in [0.29, 0.717) is 11.1 Å². The molecule has 0 saturated carbocycles. The number of carbonyl (C=O) groups is 2. The van der Waals surface area contributed by atoms with Crippen LogP contribution in [0, 0.1) is 0 Å². The standard InChI is InChI=1S/C10H9NO4/c12-6-2-1-5-3-8(10(14)15)11-9(13)7(5)4-6/h1-2,4,8,12H,3H2,(H,11,13)(H,14,15). The van der Waals surface area contributed by atoms with E-state index in [1.165, 1.54) is 12.1 Å². The summed E-state index contributed by atoms with van der Waals surface area (Å²) in [6, 6.07) is 3.47. The van der Waals surface area contributed by atoms with E-state index < -0.39 is 17.9 Å². The third kappa shape index (κ3) is 1.63. The molecule has 0 spiro atoms. The molecule has 0 bridgehead atoms. The summed E-state index contributed by atoms with van der Waals surface area (Å²) in [5.41, 5.74) is 0.983. The molecule has 1 unspecified atom stereocenters. The average molecular weight is 207 g/mol. The molecule has 1 atom stereocenters. The quantitative estimate of drug-likeness (QED) is 0.611. The van der Waals surface area contributed by atoms with Crippen molar-refractivity contribution in [3.63, 3.8) is 0 Å². The molecule has 1 amide bonds. The second-order valence-electron chi connectivity index (χ2n) is 3.41. The van der Waals surface area contributed by atoms with Crippen molar-refractivity contribution in [1.82, 2.24) is 5.32 Å². The molecule has 15 heavy (non-hydrogen) atoms. The molecule has 3 N–H and O–H groups in total. The van der Waals surface area contributed by atoms with E-state index in [1.54, 1.807) is 6.07 Å². The first-order chi connectivity index (χ1) is 7.08. The molecule has 5 nitrogen and oxygen atoms in total. The van der Waals surface area contributed by atoms with Crippen molar-refractivity contribution >= 4 is 11.9 Å². The molecular formula is C10H9NO4. The normalized spacial score (nSPS) is 19.2. The third-order valence-corrected chi connectivity index (χ3v) is 2.37. The second kappa shape index (κ2) is 3.27. The molecule has 0 fully saturated rings. The van der Waals surface area contributed by atoms with Gasteiger partial charge in [0.05, 0.1) is 0 Å². The first-order valence-corrected chi connectivity index (χ1v) is 4.43. The highest BCUT2D eigenvalue weighted by Gasteiger charge is 2.28. The summed E-state index contributed by atoms with van der Waals surface area (Å²) in [7, 11) is 0. The van der Waals surface area contributed by atoms with Gasteiger partial charge >= 0.3 is 5.97 Å². The van der Waals surface area contributed by atoms with E-state index in [4.69, 9.17) is 5.11 Å². The van der Waals surface area contributed by atoms with Gasteiger partial charge in [-0.1, -0.05) is 6.07 Å². The van der Waals surface area contributed by atoms with E-state index in [1.807, 2.05) is 0 Å². The number of benzene rings is 1. The van der Waals surface area contributed by atoms with Crippen molar-refractivity contribution < 1.29 is 19.8 Å². The maximum Gasteiger partial charge on any atom is 0.326 e. The Labute approximate surface area is 85.3 Å². The summed E-state index contributed by atoms with van der Waals surface area (Å²) in [6.07, 6.45) is 0.247. The van der Waals surface area contributed by atoms with Crippen LogP contribution >= 0.6 is 0 Å². The lowest BCUT2D eigenvalue weighted by Crippen LogP contribution is -2.46. The van der Waals surface area contributed by atoms with Gasteiger partial charge in [0.15, 0.2) is 0 Å². The minimum absolute atomic E-state index is 0.00215. The van der Waals surface area contributed by atoms with E-state index in [-0.39, 0.29) is 12.2 Å². The fraction of sp³-hybridized carbons (Fsp3) is 0.200. The van der Waals surface area contributed by atoms with Crippen molar-refractivity contribution in [2.75, 3.05) is 0 Å². The van der Waals surface area contributed by atoms with Crippen LogP contribution in [-0.4, -0.2) is 28.1 Å². The van der Waals surface area contributed by atoms with Crippen LogP contribution in [0.3, 0.4) is 0 Å². The van der Waals surface area contributed by atoms with E-state index in [0.717, 1.165) is 0 Å². The Morgan fingerprint density at radius 3 is 2.87 bits per heavy atom. The smallest absolute Gasteiger partial charge is 0.326 e. The number of hydrogen-bond donors (Lipinski definition) is 3. The van der Waals surface area contributed by atoms with Crippen LogP contribution < -0.4 is 5.32 Å². The minimum atomic E-state index is -1.05. The van der Waals surface area contributed by atoms with Gasteiger partial charge in [0.25, 0.3) is 5.91 Å². The maximum absolute atomic E-state index is 11.5. The topological polar surface area (TPSA) is 86.6 Å². The Hall–Kier alpha value is -2.04. The fourth-order valence-electron chi connectivity index (χ4n) is 1.61. The number of rotatable bonds is 1. The van der Waals surface area contributed by atoms with E-state index in [2.05, 4.69) is 5.32 Å². The van der Waals surface area contributed by atoms with Gasteiger partial charge in [-0.2, -0.15) is 0 Å². The molecule has 0 aliphatic carbocycles. The van der Waals surface area contributed by atoms with Gasteiger partial charge in [-0.3, -0.25) is 4.79 Å².